The molecule has 0 saturated carbocycles. The Morgan fingerprint density at radius 2 is 1.96 bits per heavy atom. The van der Waals surface area contributed by atoms with E-state index in [4.69, 9.17) is 4.74 Å². The van der Waals surface area contributed by atoms with Gasteiger partial charge in [-0.1, -0.05) is 48.0 Å². The molecule has 0 aliphatic carbocycles. The van der Waals surface area contributed by atoms with Crippen LogP contribution >= 0.6 is 15.9 Å². The average molecular weight is 406 g/mol. The second-order valence-corrected chi connectivity index (χ2v) is 7.47. The molecular formula is C20H26BrN2O2+. The number of hydrogen-bond acceptors (Lipinski definition) is 2. The third-order valence-electron chi connectivity index (χ3n) is 4.05. The van der Waals surface area contributed by atoms with Gasteiger partial charge in [0, 0.05) is 15.7 Å². The van der Waals surface area contributed by atoms with Crippen molar-refractivity contribution in [2.75, 3.05) is 26.0 Å². The van der Waals surface area contributed by atoms with Crippen molar-refractivity contribution in [3.8, 4) is 5.75 Å². The predicted molar refractivity (Wildman–Crippen MR) is 105 cm³/mol. The van der Waals surface area contributed by atoms with Crippen molar-refractivity contribution >= 4 is 27.5 Å². The molecule has 2 aromatic rings. The van der Waals surface area contributed by atoms with E-state index >= 15 is 0 Å². The Morgan fingerprint density at radius 1 is 1.24 bits per heavy atom. The molecule has 2 aromatic carbocycles. The van der Waals surface area contributed by atoms with E-state index < -0.39 is 0 Å². The summed E-state index contributed by atoms with van der Waals surface area (Å²) in [6.45, 7) is 5.35. The second kappa shape index (κ2) is 9.02. The molecule has 0 heterocycles. The van der Waals surface area contributed by atoms with Crippen molar-refractivity contribution in [2.45, 2.75) is 26.3 Å². The monoisotopic (exact) mass is 405 g/mol. The standard InChI is InChI=1S/C20H25BrN2O2/c1-14(2)17-7-5-6-8-18(17)22-20(24)13-23(3)12-15-11-16(21)9-10-19(15)25-4/h5-11,14H,12-13H2,1-4H3,(H,22,24)/p+1. The Hall–Kier alpha value is -1.85. The number of rotatable bonds is 7. The van der Waals surface area contributed by atoms with Crippen LogP contribution in [0.3, 0.4) is 0 Å². The number of nitrogens with one attached hydrogen (secondary N) is 2. The molecule has 1 unspecified atom stereocenters. The fourth-order valence-corrected chi connectivity index (χ4v) is 3.26. The lowest BCUT2D eigenvalue weighted by molar-refractivity contribution is -0.885. The highest BCUT2D eigenvalue weighted by Crippen LogP contribution is 2.24. The minimum absolute atomic E-state index is 0.0135. The fourth-order valence-electron chi connectivity index (χ4n) is 2.86. The minimum Gasteiger partial charge on any atom is -0.496 e. The van der Waals surface area contributed by atoms with Gasteiger partial charge in [0.25, 0.3) is 5.91 Å². The van der Waals surface area contributed by atoms with Gasteiger partial charge in [0.2, 0.25) is 0 Å². The van der Waals surface area contributed by atoms with Crippen LogP contribution in [-0.4, -0.2) is 26.6 Å². The van der Waals surface area contributed by atoms with Gasteiger partial charge in [-0.3, -0.25) is 4.79 Å². The van der Waals surface area contributed by atoms with Gasteiger partial charge in [-0.2, -0.15) is 0 Å². The first-order valence-corrected chi connectivity index (χ1v) is 9.22. The molecule has 0 saturated heterocycles. The zero-order valence-corrected chi connectivity index (χ0v) is 16.8. The van der Waals surface area contributed by atoms with Crippen LogP contribution in [0.4, 0.5) is 5.69 Å². The predicted octanol–water partition coefficient (Wildman–Crippen LogP) is 3.23. The number of methoxy groups -OCH3 is 1. The number of quaternary nitrogens is 1. The van der Waals surface area contributed by atoms with Crippen molar-refractivity contribution in [3.63, 3.8) is 0 Å². The molecule has 1 atom stereocenters. The lowest BCUT2D eigenvalue weighted by Crippen LogP contribution is -3.08. The Labute approximate surface area is 158 Å². The van der Waals surface area contributed by atoms with E-state index in [0.717, 1.165) is 31.9 Å². The van der Waals surface area contributed by atoms with E-state index in [1.54, 1.807) is 7.11 Å². The molecule has 5 heteroatoms. The summed E-state index contributed by atoms with van der Waals surface area (Å²) in [5.41, 5.74) is 3.13. The van der Waals surface area contributed by atoms with Gasteiger partial charge in [0.1, 0.15) is 12.3 Å². The number of ether oxygens (including phenoxy) is 1. The molecule has 0 spiro atoms. The number of carbonyl (C=O) groups excluding carboxylic acids is 1. The number of para-hydroxylation sites is 1. The van der Waals surface area contributed by atoms with Crippen LogP contribution in [0.25, 0.3) is 0 Å². The summed E-state index contributed by atoms with van der Waals surface area (Å²) in [4.78, 5) is 13.5. The van der Waals surface area contributed by atoms with Crippen molar-refractivity contribution in [1.29, 1.82) is 0 Å². The maximum absolute atomic E-state index is 12.4. The Kier molecular flexibility index (Phi) is 7.02. The van der Waals surface area contributed by atoms with Gasteiger partial charge in [-0.05, 0) is 35.7 Å². The third kappa shape index (κ3) is 5.58. The van der Waals surface area contributed by atoms with Crippen molar-refractivity contribution in [1.82, 2.24) is 0 Å². The molecule has 2 N–H and O–H groups in total. The quantitative estimate of drug-likeness (QED) is 0.742. The van der Waals surface area contributed by atoms with E-state index in [0.29, 0.717) is 19.0 Å². The highest BCUT2D eigenvalue weighted by Gasteiger charge is 2.15. The minimum atomic E-state index is 0.0135. The molecule has 2 rings (SSSR count). The smallest absolute Gasteiger partial charge is 0.279 e. The lowest BCUT2D eigenvalue weighted by atomic mass is 10.0. The zero-order valence-electron chi connectivity index (χ0n) is 15.2. The summed E-state index contributed by atoms with van der Waals surface area (Å²) >= 11 is 3.49. The fraction of sp³-hybridized carbons (Fsp3) is 0.350. The van der Waals surface area contributed by atoms with Crippen LogP contribution in [0.2, 0.25) is 0 Å². The van der Waals surface area contributed by atoms with Gasteiger partial charge in [-0.25, -0.2) is 0 Å². The summed E-state index contributed by atoms with van der Waals surface area (Å²) in [6.07, 6.45) is 0. The van der Waals surface area contributed by atoms with Gasteiger partial charge in [-0.15, -0.1) is 0 Å². The molecule has 0 aliphatic rings. The van der Waals surface area contributed by atoms with E-state index in [1.165, 1.54) is 0 Å². The number of halogens is 1. The maximum Gasteiger partial charge on any atom is 0.279 e. The van der Waals surface area contributed by atoms with Gasteiger partial charge in [0.15, 0.2) is 6.54 Å². The summed E-state index contributed by atoms with van der Waals surface area (Å²) in [6, 6.07) is 13.9. The van der Waals surface area contributed by atoms with Gasteiger partial charge in [0.05, 0.1) is 14.2 Å². The van der Waals surface area contributed by atoms with Crippen molar-refractivity contribution in [2.24, 2.45) is 0 Å². The third-order valence-corrected chi connectivity index (χ3v) is 4.55. The van der Waals surface area contributed by atoms with Crippen LogP contribution in [0, 0.1) is 0 Å². The molecule has 134 valence electrons. The molecule has 0 aromatic heterocycles. The Morgan fingerprint density at radius 3 is 2.64 bits per heavy atom. The molecular weight excluding hydrogens is 380 g/mol. The van der Waals surface area contributed by atoms with Gasteiger partial charge < -0.3 is 15.0 Å². The zero-order chi connectivity index (χ0) is 18.4. The first-order valence-electron chi connectivity index (χ1n) is 8.43. The van der Waals surface area contributed by atoms with E-state index in [-0.39, 0.29) is 5.91 Å². The van der Waals surface area contributed by atoms with Crippen molar-refractivity contribution < 1.29 is 14.4 Å². The number of hydrogen-bond donors (Lipinski definition) is 2. The molecule has 4 nitrogen and oxygen atoms in total. The average Bonchev–Trinajstić information content (AvgIpc) is 2.55. The number of likely N-dealkylation sites (N-methyl/N-ethyl adjacent to an activating group) is 1. The first-order chi connectivity index (χ1) is 11.9. The van der Waals surface area contributed by atoms with Crippen LogP contribution in [0.1, 0.15) is 30.9 Å². The number of carbonyl (C=O) groups is 1. The molecule has 25 heavy (non-hydrogen) atoms. The Balaban J connectivity index is 2.00. The molecule has 0 fully saturated rings. The second-order valence-electron chi connectivity index (χ2n) is 6.56. The molecule has 0 bridgehead atoms. The molecule has 0 radical (unpaired) electrons. The first kappa shape index (κ1) is 19.5. The summed E-state index contributed by atoms with van der Waals surface area (Å²) in [7, 11) is 3.67. The number of amides is 1. The summed E-state index contributed by atoms with van der Waals surface area (Å²) in [5.74, 6) is 1.22. The van der Waals surface area contributed by atoms with Crippen LogP contribution in [-0.2, 0) is 11.3 Å². The van der Waals surface area contributed by atoms with Crippen molar-refractivity contribution in [3.05, 3.63) is 58.1 Å². The normalized spacial score (nSPS) is 12.1. The lowest BCUT2D eigenvalue weighted by Gasteiger charge is -2.17. The topological polar surface area (TPSA) is 42.8 Å². The van der Waals surface area contributed by atoms with E-state index in [9.17, 15) is 4.79 Å². The van der Waals surface area contributed by atoms with Crippen LogP contribution in [0.15, 0.2) is 46.9 Å². The SMILES string of the molecule is COc1ccc(Br)cc1C[NH+](C)CC(=O)Nc1ccccc1C(C)C. The highest BCUT2D eigenvalue weighted by atomic mass is 79.9. The number of anilines is 1. The van der Waals surface area contributed by atoms with Crippen LogP contribution in [0.5, 0.6) is 5.75 Å². The van der Waals surface area contributed by atoms with Gasteiger partial charge >= 0.3 is 0 Å². The van der Waals surface area contributed by atoms with Crippen LogP contribution < -0.4 is 15.0 Å². The largest absolute Gasteiger partial charge is 0.496 e. The molecule has 1 amide bonds. The molecule has 0 aliphatic heterocycles. The van der Waals surface area contributed by atoms with E-state index in [2.05, 4.69) is 41.2 Å². The summed E-state index contributed by atoms with van der Waals surface area (Å²) in [5, 5.41) is 3.05. The maximum atomic E-state index is 12.4. The highest BCUT2D eigenvalue weighted by molar-refractivity contribution is 9.10. The van der Waals surface area contributed by atoms with E-state index in [1.807, 2.05) is 43.4 Å². The Bertz CT molecular complexity index is 731. The number of benzene rings is 2. The summed E-state index contributed by atoms with van der Waals surface area (Å²) < 4.78 is 6.42.